The van der Waals surface area contributed by atoms with Crippen LogP contribution in [0.15, 0.2) is 12.1 Å². The summed E-state index contributed by atoms with van der Waals surface area (Å²) in [6, 6.07) is 3.75. The van der Waals surface area contributed by atoms with Crippen LogP contribution in [0, 0.1) is 0 Å². The Balaban J connectivity index is 2.39. The fraction of sp³-hybridized carbons (Fsp3) is 0.500. The Bertz CT molecular complexity index is 443. The number of nitrogens with one attached hydrogen (secondary N) is 1. The Hall–Kier alpha value is -1.55. The van der Waals surface area contributed by atoms with E-state index in [0.717, 1.165) is 29.7 Å². The Morgan fingerprint density at radius 2 is 1.94 bits per heavy atom. The first kappa shape index (κ1) is 12.9. The van der Waals surface area contributed by atoms with Gasteiger partial charge >= 0.3 is 0 Å². The van der Waals surface area contributed by atoms with Crippen molar-refractivity contribution in [3.63, 3.8) is 0 Å². The number of carbonyl (C=O) groups excluding carboxylic acids is 1. The summed E-state index contributed by atoms with van der Waals surface area (Å²) in [7, 11) is 1.77. The van der Waals surface area contributed by atoms with E-state index in [1.54, 1.807) is 7.05 Å². The van der Waals surface area contributed by atoms with Gasteiger partial charge < -0.3 is 14.8 Å². The van der Waals surface area contributed by atoms with Crippen molar-refractivity contribution in [3.05, 3.63) is 23.3 Å². The van der Waals surface area contributed by atoms with Gasteiger partial charge in [0.15, 0.2) is 17.3 Å². The molecule has 0 radical (unpaired) electrons. The molecule has 0 aliphatic carbocycles. The van der Waals surface area contributed by atoms with Gasteiger partial charge in [-0.15, -0.1) is 0 Å². The van der Waals surface area contributed by atoms with Gasteiger partial charge in [0.05, 0.1) is 19.8 Å². The van der Waals surface area contributed by atoms with Crippen LogP contribution < -0.4 is 14.8 Å². The van der Waals surface area contributed by atoms with E-state index in [0.29, 0.717) is 25.5 Å². The quantitative estimate of drug-likeness (QED) is 0.827. The Morgan fingerprint density at radius 3 is 2.56 bits per heavy atom. The van der Waals surface area contributed by atoms with Crippen molar-refractivity contribution in [3.8, 4) is 11.5 Å². The Kier molecular flexibility index (Phi) is 4.20. The third-order valence-electron chi connectivity index (χ3n) is 2.99. The topological polar surface area (TPSA) is 47.6 Å². The summed E-state index contributed by atoms with van der Waals surface area (Å²) in [6.45, 7) is 3.68. The highest BCUT2D eigenvalue weighted by atomic mass is 16.5. The lowest BCUT2D eigenvalue weighted by Gasteiger charge is -2.13. The number of aryl methyl sites for hydroxylation is 1. The standard InChI is InChI=1S/C14H19NO3/c1-3-10-7-13-14(18-6-4-5-17-13)8-11(10)12(16)9-15-2/h7-8,15H,3-6,9H2,1-2H3. The first-order chi connectivity index (χ1) is 8.76. The van der Waals surface area contributed by atoms with Gasteiger partial charge in [0, 0.05) is 12.0 Å². The van der Waals surface area contributed by atoms with Crippen LogP contribution in [0.2, 0.25) is 0 Å². The molecular weight excluding hydrogens is 230 g/mol. The second kappa shape index (κ2) is 5.87. The lowest BCUT2D eigenvalue weighted by Crippen LogP contribution is -2.20. The Labute approximate surface area is 107 Å². The predicted octanol–water partition coefficient (Wildman–Crippen LogP) is 1.81. The van der Waals surface area contributed by atoms with Crippen LogP contribution in [0.25, 0.3) is 0 Å². The van der Waals surface area contributed by atoms with Crippen molar-refractivity contribution in [2.45, 2.75) is 19.8 Å². The molecule has 0 amide bonds. The first-order valence-electron chi connectivity index (χ1n) is 6.36. The number of ether oxygens (including phenoxy) is 2. The summed E-state index contributed by atoms with van der Waals surface area (Å²) < 4.78 is 11.3. The number of benzene rings is 1. The molecule has 98 valence electrons. The van der Waals surface area contributed by atoms with Crippen LogP contribution in [0.4, 0.5) is 0 Å². The molecule has 0 spiro atoms. The van der Waals surface area contributed by atoms with Crippen LogP contribution in [-0.4, -0.2) is 32.6 Å². The largest absolute Gasteiger partial charge is 0.490 e. The number of hydrogen-bond donors (Lipinski definition) is 1. The van der Waals surface area contributed by atoms with E-state index < -0.39 is 0 Å². The van der Waals surface area contributed by atoms with Gasteiger partial charge in [-0.2, -0.15) is 0 Å². The molecule has 4 heteroatoms. The maximum atomic E-state index is 12.0. The fourth-order valence-electron chi connectivity index (χ4n) is 2.06. The number of likely N-dealkylation sites (N-methyl/N-ethyl adjacent to an activating group) is 1. The molecule has 0 bridgehead atoms. The predicted molar refractivity (Wildman–Crippen MR) is 69.7 cm³/mol. The van der Waals surface area contributed by atoms with Crippen molar-refractivity contribution < 1.29 is 14.3 Å². The maximum absolute atomic E-state index is 12.0. The van der Waals surface area contributed by atoms with Crippen molar-refractivity contribution >= 4 is 5.78 Å². The average molecular weight is 249 g/mol. The van der Waals surface area contributed by atoms with E-state index in [4.69, 9.17) is 9.47 Å². The molecule has 1 N–H and O–H groups in total. The minimum absolute atomic E-state index is 0.0880. The number of hydrogen-bond acceptors (Lipinski definition) is 4. The molecule has 18 heavy (non-hydrogen) atoms. The fourth-order valence-corrected chi connectivity index (χ4v) is 2.06. The molecule has 1 aromatic rings. The summed E-state index contributed by atoms with van der Waals surface area (Å²) in [5, 5.41) is 2.89. The second-order valence-corrected chi connectivity index (χ2v) is 4.31. The molecule has 1 aromatic carbocycles. The van der Waals surface area contributed by atoms with Gasteiger partial charge in [0.2, 0.25) is 0 Å². The lowest BCUT2D eigenvalue weighted by molar-refractivity contribution is 0.0992. The summed E-state index contributed by atoms with van der Waals surface area (Å²) >= 11 is 0. The van der Waals surface area contributed by atoms with Gasteiger partial charge in [0.25, 0.3) is 0 Å². The van der Waals surface area contributed by atoms with Crippen molar-refractivity contribution in [2.75, 3.05) is 26.8 Å². The van der Waals surface area contributed by atoms with Gasteiger partial charge in [-0.05, 0) is 31.2 Å². The molecule has 0 unspecified atom stereocenters. The van der Waals surface area contributed by atoms with Crippen molar-refractivity contribution in [2.24, 2.45) is 0 Å². The zero-order valence-corrected chi connectivity index (χ0v) is 10.9. The zero-order valence-electron chi connectivity index (χ0n) is 10.9. The van der Waals surface area contributed by atoms with E-state index in [9.17, 15) is 4.79 Å². The van der Waals surface area contributed by atoms with E-state index in [2.05, 4.69) is 5.32 Å². The van der Waals surface area contributed by atoms with E-state index in [1.807, 2.05) is 19.1 Å². The third-order valence-corrected chi connectivity index (χ3v) is 2.99. The molecule has 2 rings (SSSR count). The number of fused-ring (bicyclic) bond motifs is 1. The van der Waals surface area contributed by atoms with Crippen LogP contribution in [-0.2, 0) is 6.42 Å². The minimum atomic E-state index is 0.0880. The summed E-state index contributed by atoms with van der Waals surface area (Å²) in [6.07, 6.45) is 1.68. The van der Waals surface area contributed by atoms with Crippen LogP contribution in [0.3, 0.4) is 0 Å². The third kappa shape index (κ3) is 2.64. The van der Waals surface area contributed by atoms with Gasteiger partial charge in [-0.1, -0.05) is 6.92 Å². The molecule has 0 saturated heterocycles. The molecule has 0 aromatic heterocycles. The highest BCUT2D eigenvalue weighted by Gasteiger charge is 2.17. The lowest BCUT2D eigenvalue weighted by atomic mass is 10.0. The molecular formula is C14H19NO3. The Morgan fingerprint density at radius 1 is 1.28 bits per heavy atom. The van der Waals surface area contributed by atoms with Crippen LogP contribution >= 0.6 is 0 Å². The van der Waals surface area contributed by atoms with Crippen molar-refractivity contribution in [1.82, 2.24) is 5.32 Å². The summed E-state index contributed by atoms with van der Waals surface area (Å²) in [4.78, 5) is 12.0. The summed E-state index contributed by atoms with van der Waals surface area (Å²) in [5.74, 6) is 1.53. The highest BCUT2D eigenvalue weighted by molar-refractivity contribution is 5.99. The molecule has 0 saturated carbocycles. The smallest absolute Gasteiger partial charge is 0.177 e. The van der Waals surface area contributed by atoms with Gasteiger partial charge in [-0.25, -0.2) is 0 Å². The number of ketones is 1. The number of rotatable bonds is 4. The molecule has 0 fully saturated rings. The van der Waals surface area contributed by atoms with Gasteiger partial charge in [-0.3, -0.25) is 4.79 Å². The SMILES string of the molecule is CCc1cc2c(cc1C(=O)CNC)OCCCO2. The molecule has 1 heterocycles. The number of carbonyl (C=O) groups is 1. The normalized spacial score (nSPS) is 14.1. The van der Waals surface area contributed by atoms with E-state index >= 15 is 0 Å². The van der Waals surface area contributed by atoms with E-state index in [-0.39, 0.29) is 5.78 Å². The van der Waals surface area contributed by atoms with E-state index in [1.165, 1.54) is 0 Å². The van der Waals surface area contributed by atoms with Crippen molar-refractivity contribution in [1.29, 1.82) is 0 Å². The molecule has 1 aliphatic heterocycles. The van der Waals surface area contributed by atoms with Gasteiger partial charge in [0.1, 0.15) is 0 Å². The van der Waals surface area contributed by atoms with Crippen LogP contribution in [0.1, 0.15) is 29.3 Å². The summed E-state index contributed by atoms with van der Waals surface area (Å²) in [5.41, 5.74) is 1.75. The highest BCUT2D eigenvalue weighted by Crippen LogP contribution is 2.33. The van der Waals surface area contributed by atoms with Crippen LogP contribution in [0.5, 0.6) is 11.5 Å². The zero-order chi connectivity index (χ0) is 13.0. The monoisotopic (exact) mass is 249 g/mol. The maximum Gasteiger partial charge on any atom is 0.177 e. The molecule has 0 atom stereocenters. The first-order valence-corrected chi connectivity index (χ1v) is 6.36. The average Bonchev–Trinajstić information content (AvgIpc) is 2.61. The second-order valence-electron chi connectivity index (χ2n) is 4.31. The molecule has 4 nitrogen and oxygen atoms in total. The molecule has 1 aliphatic rings. The number of Topliss-reactive ketones (excluding diaryl/α,β-unsaturated/α-hetero) is 1. The minimum Gasteiger partial charge on any atom is -0.490 e.